The van der Waals surface area contributed by atoms with Gasteiger partial charge >= 0.3 is 11.9 Å². The van der Waals surface area contributed by atoms with Crippen molar-refractivity contribution >= 4 is 23.8 Å². The summed E-state index contributed by atoms with van der Waals surface area (Å²) < 4.78 is 0. The lowest BCUT2D eigenvalue weighted by Crippen LogP contribution is -2.68. The van der Waals surface area contributed by atoms with Gasteiger partial charge in [0.1, 0.15) is 0 Å². The van der Waals surface area contributed by atoms with Gasteiger partial charge in [0.2, 0.25) is 11.8 Å². The van der Waals surface area contributed by atoms with E-state index < -0.39 is 28.4 Å². The predicted octanol–water partition coefficient (Wildman–Crippen LogP) is 8.40. The van der Waals surface area contributed by atoms with E-state index in [1.165, 1.54) is 0 Å². The standard InChI is InChI=1S/C44H70N4O6/c1-38(2)30-43(31-39(3,4)45-38,47-28-18-12-14-20-34(47)49)26-24-42(37(53)54,23-17-11-9-10-16-22-36(51)52)25-27-44(48-29-19-13-15-21-35(48)50)32-40(5,6)46-41(7,8)33-44/h12-15,18-19,28-29,45-46H,9-11,16-17,20-27,30-33H2,1-8H3,(H,51,52)(H,53,54). The molecule has 4 heterocycles. The van der Waals surface area contributed by atoms with Crippen LogP contribution in [0.5, 0.6) is 0 Å². The second-order valence-electron chi connectivity index (χ2n) is 19.7. The van der Waals surface area contributed by atoms with E-state index in [2.05, 4.69) is 66.0 Å². The first-order valence-electron chi connectivity index (χ1n) is 20.4. The molecule has 0 atom stereocenters. The van der Waals surface area contributed by atoms with Crippen LogP contribution in [0, 0.1) is 5.41 Å². The van der Waals surface area contributed by atoms with Gasteiger partial charge in [0, 0.05) is 53.8 Å². The van der Waals surface area contributed by atoms with Gasteiger partial charge in [-0.1, -0.05) is 50.0 Å². The van der Waals surface area contributed by atoms with Gasteiger partial charge in [0.05, 0.1) is 16.5 Å². The third kappa shape index (κ3) is 11.2. The van der Waals surface area contributed by atoms with E-state index in [9.17, 15) is 24.3 Å². The van der Waals surface area contributed by atoms with Crippen molar-refractivity contribution in [2.24, 2.45) is 5.41 Å². The van der Waals surface area contributed by atoms with Gasteiger partial charge in [-0.25, -0.2) is 0 Å². The fourth-order valence-electron chi connectivity index (χ4n) is 11.2. The monoisotopic (exact) mass is 751 g/mol. The molecule has 2 saturated heterocycles. The molecular formula is C44H70N4O6. The van der Waals surface area contributed by atoms with Crippen molar-refractivity contribution in [2.45, 2.75) is 198 Å². The van der Waals surface area contributed by atoms with E-state index in [4.69, 9.17) is 5.11 Å². The quantitative estimate of drug-likeness (QED) is 0.109. The number of rotatable bonds is 17. The Labute approximate surface area is 325 Å². The highest BCUT2D eigenvalue weighted by molar-refractivity contribution is 5.81. The molecule has 0 aliphatic carbocycles. The third-order valence-corrected chi connectivity index (χ3v) is 12.2. The van der Waals surface area contributed by atoms with Crippen molar-refractivity contribution < 1.29 is 29.4 Å². The van der Waals surface area contributed by atoms with Gasteiger partial charge in [0.25, 0.3) is 0 Å². The molecule has 0 radical (unpaired) electrons. The molecule has 4 aliphatic rings. The highest BCUT2D eigenvalue weighted by Gasteiger charge is 2.55. The molecule has 0 unspecified atom stereocenters. The zero-order chi connectivity index (χ0) is 40.1. The van der Waals surface area contributed by atoms with E-state index >= 15 is 0 Å². The molecule has 10 heteroatoms. The smallest absolute Gasteiger partial charge is 0.309 e. The molecule has 302 valence electrons. The number of carboxylic acid groups (broad SMARTS) is 2. The average molecular weight is 751 g/mol. The Hall–Kier alpha value is -3.24. The molecule has 0 aromatic rings. The lowest BCUT2D eigenvalue weighted by molar-refractivity contribution is -0.153. The Kier molecular flexibility index (Phi) is 13.6. The third-order valence-electron chi connectivity index (χ3n) is 12.2. The number of nitrogens with one attached hydrogen (secondary N) is 2. The van der Waals surface area contributed by atoms with Gasteiger partial charge in [-0.3, -0.25) is 19.2 Å². The van der Waals surface area contributed by atoms with E-state index in [1.807, 2.05) is 58.7 Å². The first-order valence-corrected chi connectivity index (χ1v) is 20.4. The van der Waals surface area contributed by atoms with Crippen LogP contribution in [0.25, 0.3) is 0 Å². The maximum absolute atomic E-state index is 14.0. The van der Waals surface area contributed by atoms with Crippen molar-refractivity contribution in [3.63, 3.8) is 0 Å². The number of carbonyl (C=O) groups excluding carboxylic acids is 2. The molecule has 0 aromatic heterocycles. The molecule has 4 aliphatic heterocycles. The largest absolute Gasteiger partial charge is 0.481 e. The summed E-state index contributed by atoms with van der Waals surface area (Å²) in [5.74, 6) is -1.57. The maximum Gasteiger partial charge on any atom is 0.309 e. The summed E-state index contributed by atoms with van der Waals surface area (Å²) in [4.78, 5) is 56.7. The van der Waals surface area contributed by atoms with Crippen molar-refractivity contribution in [3.8, 4) is 0 Å². The number of nitrogens with zero attached hydrogens (tertiary/aromatic N) is 2. The number of aliphatic carboxylic acids is 2. The Balaban J connectivity index is 1.75. The highest BCUT2D eigenvalue weighted by atomic mass is 16.4. The molecule has 0 saturated carbocycles. The van der Waals surface area contributed by atoms with E-state index in [0.717, 1.165) is 19.3 Å². The second kappa shape index (κ2) is 16.9. The summed E-state index contributed by atoms with van der Waals surface area (Å²) in [6.45, 7) is 17.4. The SMILES string of the molecule is CC1(C)CC(CCC(CCCCCCCC(=O)O)(CCC2(N3C=CC=CCC3=O)CC(C)(C)NC(C)(C)C2)C(=O)O)(N2C=CC=CCC2=O)CC(C)(C)N1. The number of hydrogen-bond donors (Lipinski definition) is 4. The van der Waals surface area contributed by atoms with E-state index in [0.29, 0.717) is 83.5 Å². The number of amides is 2. The fraction of sp³-hybridized carbons (Fsp3) is 0.727. The van der Waals surface area contributed by atoms with Crippen molar-refractivity contribution in [1.29, 1.82) is 0 Å². The summed E-state index contributed by atoms with van der Waals surface area (Å²) in [6.07, 6.45) is 24.8. The molecule has 0 spiro atoms. The summed E-state index contributed by atoms with van der Waals surface area (Å²) >= 11 is 0. The minimum absolute atomic E-state index is 0.0222. The van der Waals surface area contributed by atoms with Crippen LogP contribution in [0.4, 0.5) is 0 Å². The van der Waals surface area contributed by atoms with Gasteiger partial charge in [-0.2, -0.15) is 0 Å². The topological polar surface area (TPSA) is 139 Å². The van der Waals surface area contributed by atoms with Crippen LogP contribution < -0.4 is 10.6 Å². The molecule has 0 aromatic carbocycles. The lowest BCUT2D eigenvalue weighted by Gasteiger charge is -2.57. The van der Waals surface area contributed by atoms with Gasteiger partial charge in [-0.05, 0) is 132 Å². The van der Waals surface area contributed by atoms with Crippen LogP contribution in [-0.2, 0) is 19.2 Å². The van der Waals surface area contributed by atoms with Crippen LogP contribution in [0.15, 0.2) is 48.9 Å². The Morgan fingerprint density at radius 1 is 0.611 bits per heavy atom. The van der Waals surface area contributed by atoms with Gasteiger partial charge in [-0.15, -0.1) is 0 Å². The van der Waals surface area contributed by atoms with Crippen LogP contribution >= 0.6 is 0 Å². The summed E-state index contributed by atoms with van der Waals surface area (Å²) in [5.41, 5.74) is -3.54. The van der Waals surface area contributed by atoms with Crippen LogP contribution in [0.1, 0.15) is 165 Å². The minimum Gasteiger partial charge on any atom is -0.481 e. The minimum atomic E-state index is -1.10. The van der Waals surface area contributed by atoms with E-state index in [1.54, 1.807) is 0 Å². The predicted molar refractivity (Wildman–Crippen MR) is 214 cm³/mol. The number of piperidine rings is 2. The zero-order valence-corrected chi connectivity index (χ0v) is 34.6. The summed E-state index contributed by atoms with van der Waals surface area (Å²) in [5, 5.41) is 28.2. The average Bonchev–Trinajstić information content (AvgIpc) is 3.38. The lowest BCUT2D eigenvalue weighted by atomic mass is 9.62. The van der Waals surface area contributed by atoms with Crippen LogP contribution in [-0.4, -0.2) is 77.0 Å². The summed E-state index contributed by atoms with van der Waals surface area (Å²) in [6, 6.07) is 0. The molecular weight excluding hydrogens is 681 g/mol. The number of allylic oxidation sites excluding steroid dienone is 4. The Morgan fingerprint density at radius 2 is 1.00 bits per heavy atom. The van der Waals surface area contributed by atoms with Gasteiger partial charge in [0.15, 0.2) is 0 Å². The van der Waals surface area contributed by atoms with E-state index in [-0.39, 0.29) is 40.4 Å². The number of carbonyl (C=O) groups is 4. The second-order valence-corrected chi connectivity index (χ2v) is 19.7. The Bertz CT molecular complexity index is 1380. The first kappa shape index (κ1) is 43.5. The normalized spacial score (nSPS) is 23.9. The fourth-order valence-corrected chi connectivity index (χ4v) is 11.2. The molecule has 4 rings (SSSR count). The zero-order valence-electron chi connectivity index (χ0n) is 34.6. The molecule has 0 bridgehead atoms. The molecule has 4 N–H and O–H groups in total. The van der Waals surface area contributed by atoms with Gasteiger partial charge < -0.3 is 30.6 Å². The van der Waals surface area contributed by atoms with Crippen molar-refractivity contribution in [3.05, 3.63) is 48.9 Å². The molecule has 54 heavy (non-hydrogen) atoms. The highest BCUT2D eigenvalue weighted by Crippen LogP contribution is 2.50. The molecule has 2 fully saturated rings. The maximum atomic E-state index is 14.0. The number of hydrogen-bond acceptors (Lipinski definition) is 6. The molecule has 10 nitrogen and oxygen atoms in total. The van der Waals surface area contributed by atoms with Crippen LogP contribution in [0.3, 0.4) is 0 Å². The van der Waals surface area contributed by atoms with Crippen LogP contribution in [0.2, 0.25) is 0 Å². The summed E-state index contributed by atoms with van der Waals surface area (Å²) in [7, 11) is 0. The number of unbranched alkanes of at least 4 members (excludes halogenated alkanes) is 4. The van der Waals surface area contributed by atoms with Crippen molar-refractivity contribution in [1.82, 2.24) is 20.4 Å². The number of carboxylic acids is 2. The molecule has 2 amide bonds. The Morgan fingerprint density at radius 3 is 1.39 bits per heavy atom. The van der Waals surface area contributed by atoms with Crippen molar-refractivity contribution in [2.75, 3.05) is 0 Å². The first-order chi connectivity index (χ1) is 25.0.